The number of hydrogen-bond donors (Lipinski definition) is 5. The van der Waals surface area contributed by atoms with E-state index < -0.39 is 30.3 Å². The third-order valence-electron chi connectivity index (χ3n) is 2.02. The second-order valence-corrected chi connectivity index (χ2v) is 2.86. The summed E-state index contributed by atoms with van der Waals surface area (Å²) in [4.78, 5) is 10.5. The smallest absolute Gasteiger partial charge is 0.310 e. The zero-order chi connectivity index (χ0) is 9.30. The summed E-state index contributed by atoms with van der Waals surface area (Å²) in [6.07, 6.45) is -3.27. The molecule has 1 fully saturated rings. The van der Waals surface area contributed by atoms with Gasteiger partial charge >= 0.3 is 5.97 Å². The summed E-state index contributed by atoms with van der Waals surface area (Å²) < 4.78 is 0. The van der Waals surface area contributed by atoms with Gasteiger partial charge in [0.2, 0.25) is 0 Å². The number of aliphatic hydroxyl groups is 2. The molecule has 1 aliphatic rings. The lowest BCUT2D eigenvalue weighted by atomic mass is 9.92. The summed E-state index contributed by atoms with van der Waals surface area (Å²) in [7, 11) is 0. The predicted molar refractivity (Wildman–Crippen MR) is 39.1 cm³/mol. The minimum atomic E-state index is -1.29. The summed E-state index contributed by atoms with van der Waals surface area (Å²) in [6, 6.07) is 0. The summed E-state index contributed by atoms with van der Waals surface area (Å²) in [5.41, 5.74) is 5.32. The van der Waals surface area contributed by atoms with E-state index in [4.69, 9.17) is 15.9 Å². The molecule has 0 bridgehead atoms. The van der Waals surface area contributed by atoms with Crippen LogP contribution in [0.1, 0.15) is 0 Å². The number of carboxylic acids is 1. The minimum absolute atomic E-state index is 0.0781. The number of carbonyl (C=O) groups is 1. The highest BCUT2D eigenvalue weighted by molar-refractivity contribution is 5.71. The molecule has 4 atom stereocenters. The Kier molecular flexibility index (Phi) is 2.63. The molecular weight excluding hydrogens is 164 g/mol. The number of carboxylic acid groups (broad SMARTS) is 1. The fraction of sp³-hybridized carbons (Fsp3) is 0.833. The summed E-state index contributed by atoms with van der Waals surface area (Å²) in [5.74, 6) is -2.12. The molecule has 0 aromatic rings. The van der Waals surface area contributed by atoms with Gasteiger partial charge in [0.15, 0.2) is 0 Å². The van der Waals surface area contributed by atoms with Crippen LogP contribution in [0.15, 0.2) is 0 Å². The number of aliphatic hydroxyl groups excluding tert-OH is 2. The Morgan fingerprint density at radius 2 is 2.00 bits per heavy atom. The van der Waals surface area contributed by atoms with E-state index in [1.807, 2.05) is 0 Å². The van der Waals surface area contributed by atoms with Gasteiger partial charge in [0, 0.05) is 6.54 Å². The van der Waals surface area contributed by atoms with Crippen LogP contribution < -0.4 is 11.1 Å². The van der Waals surface area contributed by atoms with Crippen molar-refractivity contribution in [2.24, 2.45) is 11.7 Å². The Hall–Kier alpha value is -0.690. The number of rotatable bonds is 1. The van der Waals surface area contributed by atoms with Crippen LogP contribution in [0, 0.1) is 5.92 Å². The van der Waals surface area contributed by atoms with Gasteiger partial charge in [0.1, 0.15) is 6.10 Å². The molecule has 0 saturated carbocycles. The number of nitrogens with one attached hydrogen (secondary N) is 1. The highest BCUT2D eigenvalue weighted by Crippen LogP contribution is 2.13. The predicted octanol–water partition coefficient (Wildman–Crippen LogP) is -2.70. The van der Waals surface area contributed by atoms with E-state index in [0.717, 1.165) is 0 Å². The molecule has 1 heterocycles. The Bertz CT molecular complexity index is 186. The third kappa shape index (κ3) is 1.56. The van der Waals surface area contributed by atoms with E-state index >= 15 is 0 Å². The van der Waals surface area contributed by atoms with Gasteiger partial charge in [-0.25, -0.2) is 0 Å². The molecule has 0 radical (unpaired) electrons. The highest BCUT2D eigenvalue weighted by Gasteiger charge is 2.39. The standard InChI is InChI=1S/C6H12N2O4/c7-5-4(10)3(9)2(1-8-5)6(11)12/h2-5,8-10H,1,7H2,(H,11,12)/t2-,3-,4-,5-/m0/s1. The third-order valence-corrected chi connectivity index (χ3v) is 2.02. The van der Waals surface area contributed by atoms with Gasteiger partial charge in [-0.05, 0) is 0 Å². The minimum Gasteiger partial charge on any atom is -0.481 e. The SMILES string of the molecule is N[C@H]1NC[C@H](C(=O)O)[C@H](O)[C@@H]1O. The first-order chi connectivity index (χ1) is 5.54. The van der Waals surface area contributed by atoms with Gasteiger partial charge in [0.25, 0.3) is 0 Å². The fourth-order valence-electron chi connectivity index (χ4n) is 1.19. The molecule has 0 spiro atoms. The van der Waals surface area contributed by atoms with Crippen molar-refractivity contribution in [3.05, 3.63) is 0 Å². The van der Waals surface area contributed by atoms with Gasteiger partial charge in [-0.2, -0.15) is 0 Å². The first-order valence-corrected chi connectivity index (χ1v) is 3.62. The molecule has 70 valence electrons. The van der Waals surface area contributed by atoms with Crippen molar-refractivity contribution in [3.63, 3.8) is 0 Å². The average molecular weight is 176 g/mol. The number of nitrogens with two attached hydrogens (primary N) is 1. The molecule has 0 amide bonds. The molecule has 6 heteroatoms. The van der Waals surface area contributed by atoms with Crippen molar-refractivity contribution >= 4 is 5.97 Å². The lowest BCUT2D eigenvalue weighted by Crippen LogP contribution is -2.62. The Morgan fingerprint density at radius 3 is 2.50 bits per heavy atom. The van der Waals surface area contributed by atoms with Crippen molar-refractivity contribution in [1.29, 1.82) is 0 Å². The monoisotopic (exact) mass is 176 g/mol. The van der Waals surface area contributed by atoms with E-state index in [-0.39, 0.29) is 6.54 Å². The van der Waals surface area contributed by atoms with Crippen molar-refractivity contribution in [2.75, 3.05) is 6.54 Å². The van der Waals surface area contributed by atoms with E-state index in [1.54, 1.807) is 0 Å². The number of hydrogen-bond acceptors (Lipinski definition) is 5. The van der Waals surface area contributed by atoms with Crippen LogP contribution >= 0.6 is 0 Å². The fourth-order valence-corrected chi connectivity index (χ4v) is 1.19. The van der Waals surface area contributed by atoms with Gasteiger partial charge < -0.3 is 21.1 Å². The lowest BCUT2D eigenvalue weighted by Gasteiger charge is -2.34. The molecular formula is C6H12N2O4. The van der Waals surface area contributed by atoms with Crippen LogP contribution in [-0.2, 0) is 4.79 Å². The normalized spacial score (nSPS) is 42.6. The zero-order valence-electron chi connectivity index (χ0n) is 6.34. The molecule has 1 rings (SSSR count). The van der Waals surface area contributed by atoms with E-state index in [2.05, 4.69) is 5.32 Å². The average Bonchev–Trinajstić information content (AvgIpc) is 2.00. The molecule has 0 aliphatic carbocycles. The Labute approximate surface area is 69.0 Å². The molecule has 12 heavy (non-hydrogen) atoms. The van der Waals surface area contributed by atoms with Crippen LogP contribution in [0.5, 0.6) is 0 Å². The van der Waals surface area contributed by atoms with E-state index in [0.29, 0.717) is 0 Å². The first-order valence-electron chi connectivity index (χ1n) is 3.62. The van der Waals surface area contributed by atoms with E-state index in [9.17, 15) is 9.90 Å². The van der Waals surface area contributed by atoms with Crippen LogP contribution in [0.2, 0.25) is 0 Å². The van der Waals surface area contributed by atoms with E-state index in [1.165, 1.54) is 0 Å². The van der Waals surface area contributed by atoms with Crippen LogP contribution in [0.4, 0.5) is 0 Å². The largest absolute Gasteiger partial charge is 0.481 e. The number of aliphatic carboxylic acids is 1. The zero-order valence-corrected chi connectivity index (χ0v) is 6.34. The first kappa shape index (κ1) is 9.40. The van der Waals surface area contributed by atoms with Gasteiger partial charge in [-0.15, -0.1) is 0 Å². The second-order valence-electron chi connectivity index (χ2n) is 2.86. The summed E-state index contributed by atoms with van der Waals surface area (Å²) in [6.45, 7) is 0.0781. The van der Waals surface area contributed by atoms with Crippen LogP contribution in [-0.4, -0.2) is 46.2 Å². The molecule has 6 N–H and O–H groups in total. The van der Waals surface area contributed by atoms with Crippen molar-refractivity contribution < 1.29 is 20.1 Å². The number of piperidine rings is 1. The maximum Gasteiger partial charge on any atom is 0.310 e. The summed E-state index contributed by atoms with van der Waals surface area (Å²) >= 11 is 0. The van der Waals surface area contributed by atoms with Crippen molar-refractivity contribution in [2.45, 2.75) is 18.4 Å². The topological polar surface area (TPSA) is 116 Å². The molecule has 1 aliphatic heterocycles. The van der Waals surface area contributed by atoms with Crippen molar-refractivity contribution in [1.82, 2.24) is 5.32 Å². The van der Waals surface area contributed by atoms with Crippen LogP contribution in [0.25, 0.3) is 0 Å². The Morgan fingerprint density at radius 1 is 1.42 bits per heavy atom. The molecule has 0 aromatic heterocycles. The lowest BCUT2D eigenvalue weighted by molar-refractivity contribution is -0.152. The molecule has 0 unspecified atom stereocenters. The molecule has 6 nitrogen and oxygen atoms in total. The second kappa shape index (κ2) is 3.36. The maximum absolute atomic E-state index is 10.5. The quantitative estimate of drug-likeness (QED) is 0.297. The summed E-state index contributed by atoms with van der Waals surface area (Å²) in [5, 5.41) is 29.5. The van der Waals surface area contributed by atoms with Crippen molar-refractivity contribution in [3.8, 4) is 0 Å². The molecule has 0 aromatic carbocycles. The maximum atomic E-state index is 10.5. The van der Waals surface area contributed by atoms with Crippen LogP contribution in [0.3, 0.4) is 0 Å². The van der Waals surface area contributed by atoms with Gasteiger partial charge in [0.05, 0.1) is 18.2 Å². The molecule has 1 saturated heterocycles. The highest BCUT2D eigenvalue weighted by atomic mass is 16.4. The van der Waals surface area contributed by atoms with Gasteiger partial charge in [-0.3, -0.25) is 10.1 Å². The Balaban J connectivity index is 2.65. The van der Waals surface area contributed by atoms with Gasteiger partial charge in [-0.1, -0.05) is 0 Å².